The largest absolute Gasteiger partial charge is 0.347 e. The Balaban J connectivity index is 1.43. The Morgan fingerprint density at radius 3 is 2.08 bits per heavy atom. The third kappa shape index (κ3) is 5.15. The first kappa shape index (κ1) is 17.6. The summed E-state index contributed by atoms with van der Waals surface area (Å²) >= 11 is 0. The summed E-state index contributed by atoms with van der Waals surface area (Å²) in [6.07, 6.45) is 0. The molecule has 1 aliphatic rings. The molecule has 1 fully saturated rings. The summed E-state index contributed by atoms with van der Waals surface area (Å²) in [7, 11) is 0. The van der Waals surface area contributed by atoms with E-state index in [1.165, 1.54) is 10.5 Å². The maximum atomic E-state index is 12.4. The minimum atomic E-state index is 0.0157. The van der Waals surface area contributed by atoms with Crippen molar-refractivity contribution in [3.8, 4) is 0 Å². The van der Waals surface area contributed by atoms with Crippen molar-refractivity contribution in [1.82, 2.24) is 5.32 Å². The van der Waals surface area contributed by atoms with Gasteiger partial charge in [0.2, 0.25) is 0 Å². The Labute approximate surface area is 150 Å². The van der Waals surface area contributed by atoms with Crippen molar-refractivity contribution < 1.29 is 14.6 Å². The third-order valence-electron chi connectivity index (χ3n) is 5.21. The van der Waals surface area contributed by atoms with E-state index in [4.69, 9.17) is 0 Å². The lowest BCUT2D eigenvalue weighted by atomic mass is 10.1. The summed E-state index contributed by atoms with van der Waals surface area (Å²) in [5, 5.41) is 3.08. The molecule has 0 unspecified atom stereocenters. The fourth-order valence-corrected chi connectivity index (χ4v) is 3.54. The normalized spacial score (nSPS) is 21.5. The maximum Gasteiger partial charge on any atom is 0.278 e. The number of quaternary nitrogens is 2. The highest BCUT2D eigenvalue weighted by Crippen LogP contribution is 1.97. The van der Waals surface area contributed by atoms with Gasteiger partial charge in [-0.25, -0.2) is 0 Å². The highest BCUT2D eigenvalue weighted by Gasteiger charge is 2.30. The van der Waals surface area contributed by atoms with Gasteiger partial charge in [-0.15, -0.1) is 0 Å². The first-order chi connectivity index (χ1) is 12.2. The Kier molecular flexibility index (Phi) is 6.20. The highest BCUT2D eigenvalue weighted by atomic mass is 16.2. The van der Waals surface area contributed by atoms with Crippen LogP contribution in [-0.4, -0.2) is 38.1 Å². The molecule has 3 rings (SSSR count). The molecule has 0 aromatic heterocycles. The zero-order valence-corrected chi connectivity index (χ0v) is 15.0. The van der Waals surface area contributed by atoms with Crippen molar-refractivity contribution in [2.45, 2.75) is 26.1 Å². The second-order valence-electron chi connectivity index (χ2n) is 7.00. The predicted octanol–water partition coefficient (Wildman–Crippen LogP) is -0.325. The topological polar surface area (TPSA) is 38.0 Å². The van der Waals surface area contributed by atoms with E-state index in [9.17, 15) is 4.79 Å². The van der Waals surface area contributed by atoms with E-state index >= 15 is 0 Å². The molecule has 132 valence electrons. The molecule has 2 aromatic carbocycles. The molecule has 1 aliphatic heterocycles. The molecule has 0 saturated carbocycles. The van der Waals surface area contributed by atoms with Gasteiger partial charge in [0, 0.05) is 12.1 Å². The number of amides is 1. The van der Waals surface area contributed by atoms with Crippen molar-refractivity contribution in [1.29, 1.82) is 0 Å². The molecule has 0 radical (unpaired) electrons. The zero-order chi connectivity index (χ0) is 17.5. The van der Waals surface area contributed by atoms with Gasteiger partial charge in [-0.1, -0.05) is 60.7 Å². The van der Waals surface area contributed by atoms with E-state index in [-0.39, 0.29) is 11.9 Å². The monoisotopic (exact) mass is 339 g/mol. The third-order valence-corrected chi connectivity index (χ3v) is 5.21. The Bertz CT molecular complexity index is 651. The number of hydrogen-bond acceptors (Lipinski definition) is 1. The first-order valence-corrected chi connectivity index (χ1v) is 9.26. The van der Waals surface area contributed by atoms with Crippen molar-refractivity contribution in [3.63, 3.8) is 0 Å². The van der Waals surface area contributed by atoms with Crippen molar-refractivity contribution in [3.05, 3.63) is 71.8 Å². The van der Waals surface area contributed by atoms with Crippen LogP contribution in [0.5, 0.6) is 0 Å². The van der Waals surface area contributed by atoms with E-state index in [0.29, 0.717) is 6.54 Å². The van der Waals surface area contributed by atoms with Crippen LogP contribution >= 0.6 is 0 Å². The molecule has 4 nitrogen and oxygen atoms in total. The molecule has 1 amide bonds. The Morgan fingerprint density at radius 2 is 1.48 bits per heavy atom. The molecular weight excluding hydrogens is 310 g/mol. The van der Waals surface area contributed by atoms with Crippen LogP contribution < -0.4 is 15.1 Å². The van der Waals surface area contributed by atoms with Crippen LogP contribution in [0.25, 0.3) is 0 Å². The number of nitrogens with one attached hydrogen (secondary N) is 3. The summed E-state index contributed by atoms with van der Waals surface area (Å²) < 4.78 is 0. The van der Waals surface area contributed by atoms with E-state index < -0.39 is 0 Å². The molecular formula is C21H29N3O+2. The molecule has 25 heavy (non-hydrogen) atoms. The zero-order valence-electron chi connectivity index (χ0n) is 15.0. The van der Waals surface area contributed by atoms with Gasteiger partial charge in [0.05, 0.1) is 0 Å². The smallest absolute Gasteiger partial charge is 0.278 e. The van der Waals surface area contributed by atoms with Crippen molar-refractivity contribution >= 4 is 5.91 Å². The summed E-state index contributed by atoms with van der Waals surface area (Å²) in [4.78, 5) is 15.5. The standard InChI is InChI=1S/C21H27N3O/c1-18(21(25)22-16-19-8-4-2-5-9-19)24-14-12-23(13-15-24)17-20-10-6-3-7-11-20/h2-11,18H,12-17H2,1H3,(H,22,25)/p+2/t18-/m0/s1. The van der Waals surface area contributed by atoms with Gasteiger partial charge in [0.25, 0.3) is 5.91 Å². The summed E-state index contributed by atoms with van der Waals surface area (Å²) in [6, 6.07) is 20.8. The van der Waals surface area contributed by atoms with Crippen LogP contribution in [0.15, 0.2) is 60.7 Å². The molecule has 3 N–H and O–H groups in total. The van der Waals surface area contributed by atoms with Crippen molar-refractivity contribution in [2.24, 2.45) is 0 Å². The lowest BCUT2D eigenvalue weighted by Crippen LogP contribution is -3.29. The number of piperazine rings is 1. The molecule has 0 aliphatic carbocycles. The van der Waals surface area contributed by atoms with Gasteiger partial charge >= 0.3 is 0 Å². The second kappa shape index (κ2) is 8.79. The fourth-order valence-electron chi connectivity index (χ4n) is 3.54. The number of carbonyl (C=O) groups is 1. The number of benzene rings is 2. The van der Waals surface area contributed by atoms with E-state index in [2.05, 4.69) is 42.6 Å². The predicted molar refractivity (Wildman–Crippen MR) is 99.3 cm³/mol. The van der Waals surface area contributed by atoms with Crippen LogP contribution in [0.2, 0.25) is 0 Å². The second-order valence-corrected chi connectivity index (χ2v) is 7.00. The van der Waals surface area contributed by atoms with Gasteiger partial charge in [-0.05, 0) is 12.5 Å². The van der Waals surface area contributed by atoms with Gasteiger partial charge in [-0.2, -0.15) is 0 Å². The Hall–Kier alpha value is -2.17. The first-order valence-electron chi connectivity index (χ1n) is 9.26. The lowest BCUT2D eigenvalue weighted by molar-refractivity contribution is -1.02. The fraction of sp³-hybridized carbons (Fsp3) is 0.381. The van der Waals surface area contributed by atoms with E-state index in [1.807, 2.05) is 30.3 Å². The van der Waals surface area contributed by atoms with Crippen molar-refractivity contribution in [2.75, 3.05) is 26.2 Å². The van der Waals surface area contributed by atoms with Gasteiger partial charge in [-0.3, -0.25) is 4.79 Å². The van der Waals surface area contributed by atoms with E-state index in [1.54, 1.807) is 4.90 Å². The number of rotatable bonds is 6. The molecule has 1 heterocycles. The molecule has 1 saturated heterocycles. The van der Waals surface area contributed by atoms with Crippen LogP contribution in [0.1, 0.15) is 18.1 Å². The minimum Gasteiger partial charge on any atom is -0.347 e. The minimum absolute atomic E-state index is 0.0157. The van der Waals surface area contributed by atoms with Crippen LogP contribution in [0.3, 0.4) is 0 Å². The van der Waals surface area contributed by atoms with Gasteiger partial charge in [0.15, 0.2) is 6.04 Å². The number of hydrogen-bond donors (Lipinski definition) is 3. The quantitative estimate of drug-likeness (QED) is 0.663. The SMILES string of the molecule is C[C@@H](C(=O)NCc1ccccc1)[NH+]1CC[NH+](Cc2ccccc2)CC1. The van der Waals surface area contributed by atoms with Crippen LogP contribution in [-0.2, 0) is 17.9 Å². The lowest BCUT2D eigenvalue weighted by Gasteiger charge is -2.32. The highest BCUT2D eigenvalue weighted by molar-refractivity contribution is 5.79. The van der Waals surface area contributed by atoms with Gasteiger partial charge in [0.1, 0.15) is 32.7 Å². The number of carbonyl (C=O) groups excluding carboxylic acids is 1. The van der Waals surface area contributed by atoms with Crippen LogP contribution in [0, 0.1) is 0 Å². The van der Waals surface area contributed by atoms with Crippen LogP contribution in [0.4, 0.5) is 0 Å². The average molecular weight is 339 g/mol. The molecule has 1 atom stereocenters. The molecule has 0 bridgehead atoms. The van der Waals surface area contributed by atoms with Gasteiger partial charge < -0.3 is 15.1 Å². The summed E-state index contributed by atoms with van der Waals surface area (Å²) in [6.45, 7) is 8.12. The molecule has 4 heteroatoms. The summed E-state index contributed by atoms with van der Waals surface area (Å²) in [5.74, 6) is 0.158. The molecule has 2 aromatic rings. The van der Waals surface area contributed by atoms with E-state index in [0.717, 1.165) is 38.3 Å². The maximum absolute atomic E-state index is 12.4. The molecule has 0 spiro atoms. The summed E-state index contributed by atoms with van der Waals surface area (Å²) in [5.41, 5.74) is 2.55. The average Bonchev–Trinajstić information content (AvgIpc) is 2.68. The Morgan fingerprint density at radius 1 is 0.920 bits per heavy atom.